The van der Waals surface area contributed by atoms with E-state index in [-0.39, 0.29) is 19.6 Å². The van der Waals surface area contributed by atoms with E-state index in [0.29, 0.717) is 0 Å². The Hall–Kier alpha value is -3.44. The third kappa shape index (κ3) is 8.02. The maximum Gasteiger partial charge on any atom is 0.416 e. The maximum absolute atomic E-state index is 14.0. The molecule has 200 valence electrons. The van der Waals surface area contributed by atoms with Gasteiger partial charge in [0.1, 0.15) is 12.6 Å². The van der Waals surface area contributed by atoms with Gasteiger partial charge in [-0.2, -0.15) is 13.2 Å². The lowest BCUT2D eigenvalue weighted by Gasteiger charge is -2.30. The lowest BCUT2D eigenvalue weighted by Crippen LogP contribution is -2.57. The summed E-state index contributed by atoms with van der Waals surface area (Å²) in [6, 6.07) is 13.4. The number of nitrogens with zero attached hydrogens (tertiary/aromatic N) is 1. The van der Waals surface area contributed by atoms with Crippen molar-refractivity contribution in [2.24, 2.45) is 5.92 Å². The summed E-state index contributed by atoms with van der Waals surface area (Å²) in [6.07, 6.45) is -6.69. The van der Waals surface area contributed by atoms with E-state index in [0.717, 1.165) is 16.0 Å². The van der Waals surface area contributed by atoms with Gasteiger partial charge in [-0.05, 0) is 23.5 Å². The lowest BCUT2D eigenvalue weighted by atomic mass is 10.0. The summed E-state index contributed by atoms with van der Waals surface area (Å²) in [5.74, 6) is -2.42. The smallest absolute Gasteiger partial charge is 0.416 e. The van der Waals surface area contributed by atoms with Gasteiger partial charge in [-0.15, -0.1) is 0 Å². The highest BCUT2D eigenvalue weighted by atomic mass is 19.4. The monoisotopic (exact) mass is 521 g/mol. The minimum atomic E-state index is -4.87. The molecule has 1 saturated heterocycles. The molecule has 8 nitrogen and oxygen atoms in total. The fourth-order valence-corrected chi connectivity index (χ4v) is 3.96. The molecule has 0 saturated carbocycles. The largest absolute Gasteiger partial charge is 0.447 e. The van der Waals surface area contributed by atoms with E-state index in [1.54, 1.807) is 68.4 Å². The summed E-state index contributed by atoms with van der Waals surface area (Å²) in [4.78, 5) is 43.7. The first-order valence-corrected chi connectivity index (χ1v) is 11.9. The van der Waals surface area contributed by atoms with Crippen LogP contribution in [0.25, 0.3) is 0 Å². The topological polar surface area (TPSA) is 97.0 Å². The Labute approximate surface area is 213 Å². The van der Waals surface area contributed by atoms with Crippen molar-refractivity contribution in [1.29, 1.82) is 0 Å². The van der Waals surface area contributed by atoms with E-state index < -0.39 is 54.5 Å². The first-order chi connectivity index (χ1) is 17.6. The highest BCUT2D eigenvalue weighted by Gasteiger charge is 2.46. The van der Waals surface area contributed by atoms with Crippen LogP contribution in [-0.2, 0) is 32.2 Å². The molecule has 3 atom stereocenters. The first kappa shape index (κ1) is 28.1. The van der Waals surface area contributed by atoms with E-state index in [1.807, 2.05) is 6.07 Å². The number of cyclic esters (lactones) is 1. The quantitative estimate of drug-likeness (QED) is 0.437. The number of carbonyl (C=O) groups excluding carboxylic acids is 3. The predicted molar refractivity (Wildman–Crippen MR) is 128 cm³/mol. The zero-order valence-electron chi connectivity index (χ0n) is 20.5. The third-order valence-corrected chi connectivity index (χ3v) is 5.90. The molecule has 1 heterocycles. The number of hydrogen-bond acceptors (Lipinski definition) is 6. The summed E-state index contributed by atoms with van der Waals surface area (Å²) >= 11 is 0. The molecular formula is C26H30F3N3O5. The SMILES string of the molecule is CC(C)[C@H](N[C@@H](CC(=O)N1C(=O)OC[C@@H]1Cc1ccccc1)C(F)(F)F)C(=O)NOCc1ccccc1. The number of rotatable bonds is 11. The molecule has 0 unspecified atom stereocenters. The Morgan fingerprint density at radius 1 is 1.05 bits per heavy atom. The van der Waals surface area contributed by atoms with Crippen molar-refractivity contribution in [2.75, 3.05) is 6.61 Å². The Bertz CT molecular complexity index is 1050. The summed E-state index contributed by atoms with van der Waals surface area (Å²) in [7, 11) is 0. The lowest BCUT2D eigenvalue weighted by molar-refractivity contribution is -0.168. The fraction of sp³-hybridized carbons (Fsp3) is 0.423. The third-order valence-electron chi connectivity index (χ3n) is 5.90. The molecule has 3 rings (SSSR count). The molecule has 2 aromatic carbocycles. The van der Waals surface area contributed by atoms with Gasteiger partial charge in [0.15, 0.2) is 0 Å². The van der Waals surface area contributed by atoms with E-state index in [9.17, 15) is 27.6 Å². The highest BCUT2D eigenvalue weighted by molar-refractivity contribution is 5.94. The fourth-order valence-electron chi connectivity index (χ4n) is 3.96. The summed E-state index contributed by atoms with van der Waals surface area (Å²) < 4.78 is 46.8. The molecule has 3 amide bonds. The molecule has 2 N–H and O–H groups in total. The van der Waals surface area contributed by atoms with Gasteiger partial charge < -0.3 is 4.74 Å². The zero-order chi connectivity index (χ0) is 27.0. The zero-order valence-corrected chi connectivity index (χ0v) is 20.5. The van der Waals surface area contributed by atoms with Crippen molar-refractivity contribution in [3.63, 3.8) is 0 Å². The van der Waals surface area contributed by atoms with Crippen LogP contribution in [0.1, 0.15) is 31.4 Å². The van der Waals surface area contributed by atoms with Gasteiger partial charge in [-0.25, -0.2) is 15.2 Å². The Kier molecular flexibility index (Phi) is 9.65. The number of hydrogen-bond donors (Lipinski definition) is 2. The molecule has 1 aliphatic rings. The van der Waals surface area contributed by atoms with E-state index in [1.165, 1.54) is 0 Å². The Balaban J connectivity index is 1.66. The minimum Gasteiger partial charge on any atom is -0.447 e. The van der Waals surface area contributed by atoms with Crippen molar-refractivity contribution < 1.29 is 37.1 Å². The van der Waals surface area contributed by atoms with Gasteiger partial charge in [-0.3, -0.25) is 19.7 Å². The predicted octanol–water partition coefficient (Wildman–Crippen LogP) is 3.76. The number of halogens is 3. The van der Waals surface area contributed by atoms with Gasteiger partial charge in [0.05, 0.1) is 25.1 Å². The molecule has 2 aromatic rings. The second-order valence-electron chi connectivity index (χ2n) is 9.11. The van der Waals surface area contributed by atoms with Crippen LogP contribution in [-0.4, -0.2) is 53.7 Å². The van der Waals surface area contributed by atoms with Gasteiger partial charge in [0, 0.05) is 0 Å². The Morgan fingerprint density at radius 2 is 1.65 bits per heavy atom. The average molecular weight is 522 g/mol. The van der Waals surface area contributed by atoms with Gasteiger partial charge >= 0.3 is 12.3 Å². The number of benzene rings is 2. The molecule has 0 spiro atoms. The number of ether oxygens (including phenoxy) is 1. The van der Waals surface area contributed by atoms with E-state index in [4.69, 9.17) is 9.57 Å². The maximum atomic E-state index is 14.0. The van der Waals surface area contributed by atoms with Gasteiger partial charge in [-0.1, -0.05) is 74.5 Å². The minimum absolute atomic E-state index is 0.0262. The Morgan fingerprint density at radius 3 is 2.22 bits per heavy atom. The summed E-state index contributed by atoms with van der Waals surface area (Å²) in [5.41, 5.74) is 3.75. The number of amides is 3. The van der Waals surface area contributed by atoms with Gasteiger partial charge in [0.25, 0.3) is 5.91 Å². The molecule has 37 heavy (non-hydrogen) atoms. The van der Waals surface area contributed by atoms with Crippen LogP contribution in [0.2, 0.25) is 0 Å². The molecular weight excluding hydrogens is 491 g/mol. The molecule has 0 aliphatic carbocycles. The summed E-state index contributed by atoms with van der Waals surface area (Å²) in [5, 5.41) is 2.26. The van der Waals surface area contributed by atoms with Crippen molar-refractivity contribution >= 4 is 17.9 Å². The van der Waals surface area contributed by atoms with Crippen LogP contribution in [0, 0.1) is 5.92 Å². The van der Waals surface area contributed by atoms with Crippen LogP contribution in [0.4, 0.5) is 18.0 Å². The number of carbonyl (C=O) groups is 3. The second kappa shape index (κ2) is 12.7. The second-order valence-corrected chi connectivity index (χ2v) is 9.11. The van der Waals surface area contributed by atoms with Crippen molar-refractivity contribution in [3.8, 4) is 0 Å². The van der Waals surface area contributed by atoms with E-state index >= 15 is 0 Å². The van der Waals surface area contributed by atoms with Crippen LogP contribution in [0.3, 0.4) is 0 Å². The van der Waals surface area contributed by atoms with E-state index in [2.05, 4.69) is 10.8 Å². The number of hydroxylamine groups is 1. The van der Waals surface area contributed by atoms with Crippen molar-refractivity contribution in [2.45, 2.75) is 57.6 Å². The standard InChI is InChI=1S/C26H30F3N3O5/c1-17(2)23(24(34)31-37-15-19-11-7-4-8-12-19)30-21(26(27,28)29)14-22(33)32-20(16-36-25(32)35)13-18-9-5-3-6-10-18/h3-12,17,20-21,23,30H,13-16H2,1-2H3,(H,31,34)/t20-,21-,23-/m0/s1. The number of alkyl halides is 3. The van der Waals surface area contributed by atoms with Crippen LogP contribution < -0.4 is 10.8 Å². The average Bonchev–Trinajstić information content (AvgIpc) is 3.21. The number of imide groups is 1. The molecule has 0 aromatic heterocycles. The number of nitrogens with one attached hydrogen (secondary N) is 2. The highest BCUT2D eigenvalue weighted by Crippen LogP contribution is 2.26. The van der Waals surface area contributed by atoms with Crippen LogP contribution >= 0.6 is 0 Å². The normalized spacial score (nSPS) is 17.4. The molecule has 1 aliphatic heterocycles. The van der Waals surface area contributed by atoms with Crippen LogP contribution in [0.15, 0.2) is 60.7 Å². The molecule has 11 heteroatoms. The van der Waals surface area contributed by atoms with Crippen molar-refractivity contribution in [3.05, 3.63) is 71.8 Å². The summed E-state index contributed by atoms with van der Waals surface area (Å²) in [6.45, 7) is 3.05. The van der Waals surface area contributed by atoms with Crippen molar-refractivity contribution in [1.82, 2.24) is 15.7 Å². The molecule has 0 bridgehead atoms. The van der Waals surface area contributed by atoms with Crippen LogP contribution in [0.5, 0.6) is 0 Å². The van der Waals surface area contributed by atoms with Gasteiger partial charge in [0.2, 0.25) is 5.91 Å². The first-order valence-electron chi connectivity index (χ1n) is 11.9. The molecule has 0 radical (unpaired) electrons. The molecule has 1 fully saturated rings.